The van der Waals surface area contributed by atoms with E-state index in [4.69, 9.17) is 0 Å². The third kappa shape index (κ3) is 6.70. The van der Waals surface area contributed by atoms with Gasteiger partial charge in [-0.3, -0.25) is 4.79 Å². The van der Waals surface area contributed by atoms with Crippen LogP contribution < -0.4 is 10.0 Å². The van der Waals surface area contributed by atoms with Gasteiger partial charge in [0.15, 0.2) is 0 Å². The van der Waals surface area contributed by atoms with Crippen LogP contribution in [-0.2, 0) is 20.6 Å². The van der Waals surface area contributed by atoms with E-state index in [9.17, 15) is 13.2 Å². The van der Waals surface area contributed by atoms with E-state index in [2.05, 4.69) is 26.0 Å². The molecule has 1 aromatic carbocycles. The summed E-state index contributed by atoms with van der Waals surface area (Å²) in [6.07, 6.45) is 0. The SMILES string of the molecule is CC(C)NC(=O)CNS(=O)(=O)Cc1cccc(Br)c1. The fourth-order valence-electron chi connectivity index (χ4n) is 1.45. The van der Waals surface area contributed by atoms with Crippen molar-refractivity contribution in [2.75, 3.05) is 6.54 Å². The molecule has 1 rings (SSSR count). The molecule has 106 valence electrons. The molecule has 7 heteroatoms. The van der Waals surface area contributed by atoms with Gasteiger partial charge in [0.25, 0.3) is 0 Å². The Kier molecular flexibility index (Phi) is 5.96. The van der Waals surface area contributed by atoms with Gasteiger partial charge in [-0.15, -0.1) is 0 Å². The van der Waals surface area contributed by atoms with Gasteiger partial charge in [0, 0.05) is 10.5 Å². The van der Waals surface area contributed by atoms with Crippen molar-refractivity contribution in [3.05, 3.63) is 34.3 Å². The molecule has 1 aromatic rings. The second-order valence-corrected chi connectivity index (χ2v) is 7.15. The number of hydrogen-bond acceptors (Lipinski definition) is 3. The molecule has 0 spiro atoms. The molecule has 2 N–H and O–H groups in total. The zero-order valence-corrected chi connectivity index (χ0v) is 13.2. The molecule has 0 aliphatic heterocycles. The van der Waals surface area contributed by atoms with Gasteiger partial charge in [-0.1, -0.05) is 28.1 Å². The van der Waals surface area contributed by atoms with E-state index in [-0.39, 0.29) is 24.2 Å². The maximum Gasteiger partial charge on any atom is 0.235 e. The summed E-state index contributed by atoms with van der Waals surface area (Å²) in [5, 5.41) is 2.61. The van der Waals surface area contributed by atoms with Crippen molar-refractivity contribution in [3.63, 3.8) is 0 Å². The highest BCUT2D eigenvalue weighted by Crippen LogP contribution is 2.13. The predicted molar refractivity (Wildman–Crippen MR) is 78.0 cm³/mol. The number of halogens is 1. The highest BCUT2D eigenvalue weighted by Gasteiger charge is 2.13. The van der Waals surface area contributed by atoms with E-state index in [0.717, 1.165) is 4.47 Å². The van der Waals surface area contributed by atoms with Crippen LogP contribution in [0.4, 0.5) is 0 Å². The molecule has 0 fully saturated rings. The minimum absolute atomic E-state index is 0.0120. The first-order chi connectivity index (χ1) is 8.78. The van der Waals surface area contributed by atoms with Crippen LogP contribution in [0.15, 0.2) is 28.7 Å². The molecule has 0 saturated carbocycles. The van der Waals surface area contributed by atoms with Gasteiger partial charge in [-0.2, -0.15) is 0 Å². The Morgan fingerprint density at radius 1 is 1.37 bits per heavy atom. The molecule has 1 amide bonds. The van der Waals surface area contributed by atoms with Gasteiger partial charge in [-0.25, -0.2) is 13.1 Å². The molecule has 5 nitrogen and oxygen atoms in total. The van der Waals surface area contributed by atoms with Crippen LogP contribution in [0.1, 0.15) is 19.4 Å². The first kappa shape index (κ1) is 16.1. The Morgan fingerprint density at radius 3 is 2.63 bits per heavy atom. The number of nitrogens with one attached hydrogen (secondary N) is 2. The lowest BCUT2D eigenvalue weighted by molar-refractivity contribution is -0.120. The molecule has 0 saturated heterocycles. The molecule has 0 heterocycles. The number of hydrogen-bond donors (Lipinski definition) is 2. The molecule has 19 heavy (non-hydrogen) atoms. The molecule has 0 unspecified atom stereocenters. The Hall–Kier alpha value is -0.920. The number of carbonyl (C=O) groups excluding carboxylic acids is 1. The van der Waals surface area contributed by atoms with Crippen molar-refractivity contribution in [3.8, 4) is 0 Å². The minimum atomic E-state index is -3.51. The van der Waals surface area contributed by atoms with E-state index in [1.807, 2.05) is 19.9 Å². The minimum Gasteiger partial charge on any atom is -0.353 e. The maximum absolute atomic E-state index is 11.8. The number of sulfonamides is 1. The van der Waals surface area contributed by atoms with Crippen molar-refractivity contribution in [1.29, 1.82) is 0 Å². The van der Waals surface area contributed by atoms with Gasteiger partial charge in [0.05, 0.1) is 12.3 Å². The number of carbonyl (C=O) groups is 1. The van der Waals surface area contributed by atoms with Gasteiger partial charge in [-0.05, 0) is 31.5 Å². The first-order valence-electron chi connectivity index (χ1n) is 5.79. The fourth-order valence-corrected chi connectivity index (χ4v) is 2.96. The van der Waals surface area contributed by atoms with E-state index in [0.29, 0.717) is 5.56 Å². The largest absolute Gasteiger partial charge is 0.353 e. The summed E-state index contributed by atoms with van der Waals surface area (Å²) in [4.78, 5) is 11.4. The average molecular weight is 349 g/mol. The van der Waals surface area contributed by atoms with Crippen LogP contribution >= 0.6 is 15.9 Å². The summed E-state index contributed by atoms with van der Waals surface area (Å²) in [6, 6.07) is 7.02. The van der Waals surface area contributed by atoms with E-state index in [1.165, 1.54) is 0 Å². The lowest BCUT2D eigenvalue weighted by atomic mass is 10.2. The summed E-state index contributed by atoms with van der Waals surface area (Å²) in [7, 11) is -3.51. The van der Waals surface area contributed by atoms with Crippen molar-refractivity contribution < 1.29 is 13.2 Å². The average Bonchev–Trinajstić information content (AvgIpc) is 2.25. The molecular weight excluding hydrogens is 332 g/mol. The maximum atomic E-state index is 11.8. The van der Waals surface area contributed by atoms with Crippen molar-refractivity contribution in [2.24, 2.45) is 0 Å². The van der Waals surface area contributed by atoms with E-state index >= 15 is 0 Å². The van der Waals surface area contributed by atoms with Gasteiger partial charge >= 0.3 is 0 Å². The topological polar surface area (TPSA) is 75.3 Å². The molecule has 0 atom stereocenters. The Bertz CT molecular complexity index is 544. The third-order valence-corrected chi connectivity index (χ3v) is 3.94. The molecule has 0 aliphatic rings. The summed E-state index contributed by atoms with van der Waals surface area (Å²) >= 11 is 3.28. The predicted octanol–water partition coefficient (Wildman–Crippen LogP) is 1.39. The number of rotatable bonds is 6. The fraction of sp³-hybridized carbons (Fsp3) is 0.417. The molecule has 0 bridgehead atoms. The number of amides is 1. The highest BCUT2D eigenvalue weighted by atomic mass is 79.9. The summed E-state index contributed by atoms with van der Waals surface area (Å²) < 4.78 is 26.7. The van der Waals surface area contributed by atoms with Crippen LogP contribution in [0.3, 0.4) is 0 Å². The van der Waals surface area contributed by atoms with Crippen LogP contribution in [0.25, 0.3) is 0 Å². The molecule has 0 radical (unpaired) electrons. The van der Waals surface area contributed by atoms with Crippen molar-refractivity contribution in [2.45, 2.75) is 25.6 Å². The first-order valence-corrected chi connectivity index (χ1v) is 8.24. The summed E-state index contributed by atoms with van der Waals surface area (Å²) in [5.74, 6) is -0.491. The second kappa shape index (κ2) is 7.02. The van der Waals surface area contributed by atoms with Crippen LogP contribution in [0.2, 0.25) is 0 Å². The van der Waals surface area contributed by atoms with Gasteiger partial charge in [0.2, 0.25) is 15.9 Å². The third-order valence-electron chi connectivity index (χ3n) is 2.15. The monoisotopic (exact) mass is 348 g/mol. The van der Waals surface area contributed by atoms with E-state index in [1.54, 1.807) is 18.2 Å². The standard InChI is InChI=1S/C12H17BrN2O3S/c1-9(2)15-12(16)7-14-19(17,18)8-10-4-3-5-11(13)6-10/h3-6,9,14H,7-8H2,1-2H3,(H,15,16). The van der Waals surface area contributed by atoms with Gasteiger partial charge < -0.3 is 5.32 Å². The van der Waals surface area contributed by atoms with Crippen molar-refractivity contribution in [1.82, 2.24) is 10.0 Å². The number of benzene rings is 1. The Balaban J connectivity index is 2.55. The second-order valence-electron chi connectivity index (χ2n) is 4.43. The lowest BCUT2D eigenvalue weighted by Crippen LogP contribution is -2.40. The van der Waals surface area contributed by atoms with Gasteiger partial charge in [0.1, 0.15) is 0 Å². The molecule has 0 aliphatic carbocycles. The quantitative estimate of drug-likeness (QED) is 0.815. The molecular formula is C12H17BrN2O3S. The smallest absolute Gasteiger partial charge is 0.235 e. The summed E-state index contributed by atoms with van der Waals surface area (Å²) in [6.45, 7) is 3.39. The zero-order valence-electron chi connectivity index (χ0n) is 10.8. The van der Waals surface area contributed by atoms with Crippen LogP contribution in [-0.4, -0.2) is 26.9 Å². The van der Waals surface area contributed by atoms with E-state index < -0.39 is 10.0 Å². The van der Waals surface area contributed by atoms with Crippen LogP contribution in [0.5, 0.6) is 0 Å². The normalized spacial score (nSPS) is 11.6. The van der Waals surface area contributed by atoms with Crippen molar-refractivity contribution >= 4 is 31.9 Å². The Labute approximate surface area is 122 Å². The summed E-state index contributed by atoms with van der Waals surface area (Å²) in [5.41, 5.74) is 0.658. The zero-order chi connectivity index (χ0) is 14.5. The lowest BCUT2D eigenvalue weighted by Gasteiger charge is -2.10. The highest BCUT2D eigenvalue weighted by molar-refractivity contribution is 9.10. The Morgan fingerprint density at radius 2 is 2.05 bits per heavy atom. The molecule has 0 aromatic heterocycles. The van der Waals surface area contributed by atoms with Crippen LogP contribution in [0, 0.1) is 0 Å².